The molecule has 1 saturated heterocycles. The highest BCUT2D eigenvalue weighted by Crippen LogP contribution is 2.12. The first-order chi connectivity index (χ1) is 7.24. The van der Waals surface area contributed by atoms with Gasteiger partial charge in [-0.15, -0.1) is 0 Å². The Kier molecular flexibility index (Phi) is 3.23. The molecule has 0 saturated carbocycles. The van der Waals surface area contributed by atoms with Crippen molar-refractivity contribution in [1.82, 2.24) is 10.6 Å². The molecule has 4 heteroatoms. The molecule has 1 amide bonds. The van der Waals surface area contributed by atoms with Gasteiger partial charge in [0.15, 0.2) is 0 Å². The number of carbonyl (C=O) groups is 1. The molecular weight excluding hydrogens is 212 g/mol. The van der Waals surface area contributed by atoms with Crippen molar-refractivity contribution in [1.29, 1.82) is 0 Å². The Labute approximate surface area is 93.8 Å². The zero-order chi connectivity index (χ0) is 10.7. The number of benzene rings is 1. The fourth-order valence-electron chi connectivity index (χ4n) is 1.70. The predicted octanol–water partition coefficient (Wildman–Crippen LogP) is 0.970. The van der Waals surface area contributed by atoms with Crippen LogP contribution in [0.4, 0.5) is 0 Å². The molecule has 3 nitrogen and oxygen atoms in total. The molecule has 2 rings (SSSR count). The smallest absolute Gasteiger partial charge is 0.234 e. The van der Waals surface area contributed by atoms with Crippen molar-refractivity contribution in [2.75, 3.05) is 13.1 Å². The maximum atomic E-state index is 10.9. The van der Waals surface area contributed by atoms with Gasteiger partial charge in [-0.2, -0.15) is 0 Å². The van der Waals surface area contributed by atoms with Gasteiger partial charge in [0.2, 0.25) is 5.91 Å². The van der Waals surface area contributed by atoms with Crippen molar-refractivity contribution < 1.29 is 4.79 Å². The van der Waals surface area contributed by atoms with Crippen molar-refractivity contribution >= 4 is 17.5 Å². The summed E-state index contributed by atoms with van der Waals surface area (Å²) in [6.07, 6.45) is 0.890. The number of rotatable bonds is 2. The van der Waals surface area contributed by atoms with Crippen LogP contribution in [0.2, 0.25) is 5.02 Å². The Morgan fingerprint density at radius 1 is 1.47 bits per heavy atom. The van der Waals surface area contributed by atoms with Gasteiger partial charge in [0, 0.05) is 17.6 Å². The number of piperazine rings is 1. The lowest BCUT2D eigenvalue weighted by atomic mass is 10.0. The molecular formula is C11H13ClN2O. The zero-order valence-corrected chi connectivity index (χ0v) is 9.05. The normalized spacial score (nSPS) is 21.1. The second kappa shape index (κ2) is 4.64. The van der Waals surface area contributed by atoms with Crippen LogP contribution < -0.4 is 10.6 Å². The number of amides is 1. The SMILES string of the molecule is O=C1CNC(Cc2cccc(Cl)c2)CN1. The van der Waals surface area contributed by atoms with Gasteiger partial charge in [-0.25, -0.2) is 0 Å². The van der Waals surface area contributed by atoms with Crippen molar-refractivity contribution in [2.24, 2.45) is 0 Å². The first kappa shape index (κ1) is 10.5. The summed E-state index contributed by atoms with van der Waals surface area (Å²) < 4.78 is 0. The van der Waals surface area contributed by atoms with E-state index in [4.69, 9.17) is 11.6 Å². The number of hydrogen-bond acceptors (Lipinski definition) is 2. The molecule has 1 heterocycles. The number of hydrogen-bond donors (Lipinski definition) is 2. The summed E-state index contributed by atoms with van der Waals surface area (Å²) in [6, 6.07) is 8.12. The summed E-state index contributed by atoms with van der Waals surface area (Å²) in [5, 5.41) is 6.77. The summed E-state index contributed by atoms with van der Waals surface area (Å²) in [5.74, 6) is 0.0670. The highest BCUT2D eigenvalue weighted by molar-refractivity contribution is 6.30. The van der Waals surface area contributed by atoms with Crippen LogP contribution in [0.15, 0.2) is 24.3 Å². The largest absolute Gasteiger partial charge is 0.353 e. The molecule has 0 aromatic heterocycles. The lowest BCUT2D eigenvalue weighted by molar-refractivity contribution is -0.121. The molecule has 0 bridgehead atoms. The molecule has 80 valence electrons. The molecule has 15 heavy (non-hydrogen) atoms. The summed E-state index contributed by atoms with van der Waals surface area (Å²) in [7, 11) is 0. The molecule has 0 aliphatic carbocycles. The maximum Gasteiger partial charge on any atom is 0.234 e. The van der Waals surface area contributed by atoms with E-state index >= 15 is 0 Å². The van der Waals surface area contributed by atoms with E-state index in [0.29, 0.717) is 19.1 Å². The minimum Gasteiger partial charge on any atom is -0.353 e. The molecule has 1 unspecified atom stereocenters. The number of nitrogens with one attached hydrogen (secondary N) is 2. The maximum absolute atomic E-state index is 10.9. The first-order valence-corrected chi connectivity index (χ1v) is 5.36. The van der Waals surface area contributed by atoms with Crippen molar-refractivity contribution in [3.63, 3.8) is 0 Å². The predicted molar refractivity (Wildman–Crippen MR) is 60.0 cm³/mol. The Morgan fingerprint density at radius 2 is 2.33 bits per heavy atom. The van der Waals surface area contributed by atoms with Crippen LogP contribution >= 0.6 is 11.6 Å². The summed E-state index contributed by atoms with van der Waals surface area (Å²) in [5.41, 5.74) is 1.19. The van der Waals surface area contributed by atoms with Gasteiger partial charge in [-0.05, 0) is 24.1 Å². The lowest BCUT2D eigenvalue weighted by Gasteiger charge is -2.24. The Balaban J connectivity index is 1.94. The third-order valence-corrected chi connectivity index (χ3v) is 2.70. The van der Waals surface area contributed by atoms with Crippen molar-refractivity contribution in [3.05, 3.63) is 34.9 Å². The fraction of sp³-hybridized carbons (Fsp3) is 0.364. The van der Waals surface area contributed by atoms with Crippen molar-refractivity contribution in [2.45, 2.75) is 12.5 Å². The van der Waals surface area contributed by atoms with Gasteiger partial charge >= 0.3 is 0 Å². The minimum atomic E-state index is 0.0670. The Bertz CT molecular complexity index is 357. The van der Waals surface area contributed by atoms with Crippen LogP contribution in [0.1, 0.15) is 5.56 Å². The highest BCUT2D eigenvalue weighted by atomic mass is 35.5. The standard InChI is InChI=1S/C11H13ClN2O/c12-9-3-1-2-8(4-9)5-10-6-14-11(15)7-13-10/h1-4,10,13H,5-7H2,(H,14,15). The summed E-state index contributed by atoms with van der Waals surface area (Å²) in [4.78, 5) is 10.9. The Hall–Kier alpha value is -1.06. The molecule has 1 aliphatic rings. The van der Waals surface area contributed by atoms with Gasteiger partial charge in [-0.1, -0.05) is 23.7 Å². The van der Waals surface area contributed by atoms with Gasteiger partial charge in [0.1, 0.15) is 0 Å². The molecule has 2 N–H and O–H groups in total. The Morgan fingerprint density at radius 3 is 3.00 bits per heavy atom. The van der Waals surface area contributed by atoms with Crippen LogP contribution in [0.3, 0.4) is 0 Å². The highest BCUT2D eigenvalue weighted by Gasteiger charge is 2.16. The molecule has 0 spiro atoms. The van der Waals surface area contributed by atoms with Crippen LogP contribution in [0.25, 0.3) is 0 Å². The van der Waals surface area contributed by atoms with E-state index in [1.54, 1.807) is 0 Å². The molecule has 1 aliphatic heterocycles. The van der Waals surface area contributed by atoms with Crippen LogP contribution in [0, 0.1) is 0 Å². The minimum absolute atomic E-state index is 0.0670. The monoisotopic (exact) mass is 224 g/mol. The molecule has 1 fully saturated rings. The lowest BCUT2D eigenvalue weighted by Crippen LogP contribution is -2.52. The average molecular weight is 225 g/mol. The van der Waals surface area contributed by atoms with E-state index in [9.17, 15) is 4.79 Å². The van der Waals surface area contributed by atoms with Crippen LogP contribution in [-0.4, -0.2) is 25.0 Å². The van der Waals surface area contributed by atoms with Gasteiger partial charge in [0.25, 0.3) is 0 Å². The van der Waals surface area contributed by atoms with Gasteiger partial charge < -0.3 is 10.6 Å². The van der Waals surface area contributed by atoms with E-state index in [1.807, 2.05) is 24.3 Å². The zero-order valence-electron chi connectivity index (χ0n) is 8.29. The molecule has 1 atom stereocenters. The van der Waals surface area contributed by atoms with E-state index < -0.39 is 0 Å². The molecule has 1 aromatic carbocycles. The van der Waals surface area contributed by atoms with Crippen LogP contribution in [0.5, 0.6) is 0 Å². The van der Waals surface area contributed by atoms with Crippen molar-refractivity contribution in [3.8, 4) is 0 Å². The first-order valence-electron chi connectivity index (χ1n) is 4.98. The van der Waals surface area contributed by atoms with Gasteiger partial charge in [0.05, 0.1) is 6.54 Å². The molecule has 1 aromatic rings. The third-order valence-electron chi connectivity index (χ3n) is 2.47. The van der Waals surface area contributed by atoms with Gasteiger partial charge in [-0.3, -0.25) is 4.79 Å². The average Bonchev–Trinajstić information content (AvgIpc) is 2.22. The van der Waals surface area contributed by atoms with Crippen LogP contribution in [-0.2, 0) is 11.2 Å². The molecule has 0 radical (unpaired) electrons. The second-order valence-electron chi connectivity index (χ2n) is 3.72. The fourth-order valence-corrected chi connectivity index (χ4v) is 1.91. The third kappa shape index (κ3) is 2.94. The summed E-state index contributed by atoms with van der Waals surface area (Å²) in [6.45, 7) is 1.09. The number of carbonyl (C=O) groups excluding carboxylic acids is 1. The van der Waals surface area contributed by atoms with E-state index in [-0.39, 0.29) is 5.91 Å². The van der Waals surface area contributed by atoms with E-state index in [2.05, 4.69) is 10.6 Å². The quantitative estimate of drug-likeness (QED) is 0.786. The van der Waals surface area contributed by atoms with E-state index in [1.165, 1.54) is 5.56 Å². The number of halogens is 1. The van der Waals surface area contributed by atoms with E-state index in [0.717, 1.165) is 11.4 Å². The second-order valence-corrected chi connectivity index (χ2v) is 4.15. The topological polar surface area (TPSA) is 41.1 Å². The summed E-state index contributed by atoms with van der Waals surface area (Å²) >= 11 is 5.90.